The molecule has 3 aliphatic rings. The molecule has 2 unspecified atom stereocenters. The summed E-state index contributed by atoms with van der Waals surface area (Å²) in [6, 6.07) is 44.4. The van der Waals surface area contributed by atoms with E-state index >= 15 is 0 Å². The highest BCUT2D eigenvalue weighted by Crippen LogP contribution is 2.57. The molecule has 5 heteroatoms. The van der Waals surface area contributed by atoms with Crippen molar-refractivity contribution in [3.63, 3.8) is 0 Å². The van der Waals surface area contributed by atoms with Crippen LogP contribution in [0.4, 0.5) is 28.4 Å². The second kappa shape index (κ2) is 12.1. The summed E-state index contributed by atoms with van der Waals surface area (Å²) in [6.45, 7) is 23.2. The number of aryl methyl sites for hydroxylation is 1. The van der Waals surface area contributed by atoms with Crippen molar-refractivity contribution in [2.45, 2.75) is 102 Å². The van der Waals surface area contributed by atoms with Crippen molar-refractivity contribution < 1.29 is 4.42 Å². The van der Waals surface area contributed by atoms with E-state index in [0.29, 0.717) is 0 Å². The predicted octanol–water partition coefficient (Wildman–Crippen LogP) is 13.1. The van der Waals surface area contributed by atoms with Crippen molar-refractivity contribution >= 4 is 79.8 Å². The minimum Gasteiger partial charge on any atom is -0.456 e. The number of anilines is 5. The van der Waals surface area contributed by atoms with E-state index in [0.717, 1.165) is 16.6 Å². The van der Waals surface area contributed by atoms with Crippen LogP contribution in [0.1, 0.15) is 96.2 Å². The van der Waals surface area contributed by atoms with E-state index in [4.69, 9.17) is 4.42 Å². The number of fused-ring (bicyclic) bond motifs is 10. The van der Waals surface area contributed by atoms with Gasteiger partial charge in [-0.1, -0.05) is 123 Å². The number of para-hydroxylation sites is 1. The molecule has 0 radical (unpaired) electrons. The quantitative estimate of drug-likeness (QED) is 0.164. The van der Waals surface area contributed by atoms with Gasteiger partial charge in [0.05, 0.1) is 17.1 Å². The van der Waals surface area contributed by atoms with Gasteiger partial charge in [0.25, 0.3) is 0 Å². The van der Waals surface area contributed by atoms with Crippen LogP contribution in [0.2, 0.25) is 0 Å². The van der Waals surface area contributed by atoms with Crippen LogP contribution in [-0.4, -0.2) is 11.9 Å². The van der Waals surface area contributed by atoms with E-state index in [1.165, 1.54) is 77.5 Å². The summed E-state index contributed by atoms with van der Waals surface area (Å²) >= 11 is 2.08. The molecule has 1 aromatic heterocycles. The topological polar surface area (TPSA) is 19.6 Å². The van der Waals surface area contributed by atoms with Crippen LogP contribution in [0, 0.1) is 6.92 Å². The third kappa shape index (κ3) is 5.33. The number of nitrogens with zero attached hydrogens (tertiary/aromatic N) is 2. The zero-order valence-corrected chi connectivity index (χ0v) is 35.2. The molecule has 0 saturated heterocycles. The molecule has 0 amide bonds. The highest BCUT2D eigenvalue weighted by atomic mass is 32.2. The molecule has 0 aliphatic carbocycles. The van der Waals surface area contributed by atoms with Gasteiger partial charge < -0.3 is 14.2 Å². The zero-order chi connectivity index (χ0) is 39.1. The fraction of sp³-hybridized carbons (Fsp3) is 0.294. The molecule has 10 rings (SSSR count). The third-order valence-corrected chi connectivity index (χ3v) is 14.0. The highest BCUT2D eigenvalue weighted by molar-refractivity contribution is 8.02. The fourth-order valence-corrected chi connectivity index (χ4v) is 11.2. The van der Waals surface area contributed by atoms with Crippen LogP contribution >= 0.6 is 11.8 Å². The van der Waals surface area contributed by atoms with Crippen LogP contribution in [-0.2, 0) is 16.2 Å². The predicted molar refractivity (Wildman–Crippen MR) is 242 cm³/mol. The standard InChI is InChI=1S/C51H51BN2OS/c1-30-27-39-45-40(28-30)54(35-22-17-32(18-23-35)50(5,6)7)47-38(24-25-42-44(47)36-13-11-12-14-41(36)55-42)52(45)48-46(37-29-33(51(8,9)10)19-26-43(37)56-48)53(39)34-20-15-31(16-21-34)49(2,3)4/h11-29,46,48H,1-10H3. The lowest BCUT2D eigenvalue weighted by molar-refractivity contribution is 0.587. The van der Waals surface area contributed by atoms with E-state index in [2.05, 4.69) is 206 Å². The Morgan fingerprint density at radius 2 is 1.21 bits per heavy atom. The zero-order valence-electron chi connectivity index (χ0n) is 34.4. The summed E-state index contributed by atoms with van der Waals surface area (Å²) in [6.07, 6.45) is 0. The molecule has 2 atom stereocenters. The Morgan fingerprint density at radius 1 is 0.607 bits per heavy atom. The number of hydrogen-bond donors (Lipinski definition) is 0. The average molecular weight is 751 g/mol. The van der Waals surface area contributed by atoms with Crippen LogP contribution in [0.3, 0.4) is 0 Å². The largest absolute Gasteiger partial charge is 0.456 e. The Hall–Kier alpha value is -4.87. The first kappa shape index (κ1) is 35.5. The van der Waals surface area contributed by atoms with Crippen LogP contribution < -0.4 is 20.7 Å². The Morgan fingerprint density at radius 3 is 1.88 bits per heavy atom. The molecule has 6 aromatic carbocycles. The molecule has 0 fully saturated rings. The maximum atomic E-state index is 6.64. The van der Waals surface area contributed by atoms with Gasteiger partial charge in [0.15, 0.2) is 0 Å². The van der Waals surface area contributed by atoms with Gasteiger partial charge in [-0.2, -0.15) is 0 Å². The Bertz CT molecular complexity index is 2710. The number of hydrogen-bond acceptors (Lipinski definition) is 4. The molecule has 0 spiro atoms. The average Bonchev–Trinajstić information content (AvgIpc) is 3.72. The Labute approximate surface area is 337 Å². The fourth-order valence-electron chi connectivity index (χ4n) is 9.61. The summed E-state index contributed by atoms with van der Waals surface area (Å²) < 4.78 is 6.64. The van der Waals surface area contributed by atoms with Crippen LogP contribution in [0.15, 0.2) is 125 Å². The first-order valence-corrected chi connectivity index (χ1v) is 21.2. The molecule has 4 heterocycles. The minimum atomic E-state index is 0.0434. The molecular formula is C51H51BN2OS. The van der Waals surface area contributed by atoms with E-state index in [1.807, 2.05) is 0 Å². The number of furan rings is 1. The molecule has 0 bridgehead atoms. The van der Waals surface area contributed by atoms with Gasteiger partial charge in [-0.3, -0.25) is 0 Å². The Kier molecular flexibility index (Phi) is 7.66. The van der Waals surface area contributed by atoms with Crippen LogP contribution in [0.5, 0.6) is 0 Å². The smallest absolute Gasteiger partial charge is 0.233 e. The lowest BCUT2D eigenvalue weighted by Gasteiger charge is -2.49. The van der Waals surface area contributed by atoms with E-state index in [1.54, 1.807) is 0 Å². The molecule has 0 saturated carbocycles. The van der Waals surface area contributed by atoms with Gasteiger partial charge in [0, 0.05) is 38.2 Å². The molecule has 3 aliphatic heterocycles. The Balaban J connectivity index is 1.30. The van der Waals surface area contributed by atoms with Crippen molar-refractivity contribution in [3.8, 4) is 0 Å². The van der Waals surface area contributed by atoms with Crippen molar-refractivity contribution in [2.24, 2.45) is 0 Å². The van der Waals surface area contributed by atoms with Gasteiger partial charge in [0.1, 0.15) is 11.2 Å². The number of benzene rings is 6. The minimum absolute atomic E-state index is 0.0434. The first-order chi connectivity index (χ1) is 26.6. The lowest BCUT2D eigenvalue weighted by Crippen LogP contribution is -2.62. The summed E-state index contributed by atoms with van der Waals surface area (Å²) in [5.74, 6) is 0. The monoisotopic (exact) mass is 750 g/mol. The maximum absolute atomic E-state index is 6.64. The second-order valence-corrected chi connectivity index (χ2v) is 20.7. The highest BCUT2D eigenvalue weighted by Gasteiger charge is 2.54. The van der Waals surface area contributed by atoms with Gasteiger partial charge in [0.2, 0.25) is 6.71 Å². The van der Waals surface area contributed by atoms with Gasteiger partial charge in [-0.15, -0.1) is 11.8 Å². The lowest BCUT2D eigenvalue weighted by atomic mass is 9.33. The summed E-state index contributed by atoms with van der Waals surface area (Å²) in [5, 5.41) is 2.60. The van der Waals surface area contributed by atoms with Crippen molar-refractivity contribution in [1.29, 1.82) is 0 Å². The third-order valence-electron chi connectivity index (χ3n) is 12.6. The first-order valence-electron chi connectivity index (χ1n) is 20.3. The molecule has 3 nitrogen and oxygen atoms in total. The van der Waals surface area contributed by atoms with Gasteiger partial charge in [-0.05, 0) is 117 Å². The van der Waals surface area contributed by atoms with E-state index in [9.17, 15) is 0 Å². The van der Waals surface area contributed by atoms with Gasteiger partial charge >= 0.3 is 0 Å². The molecular weight excluding hydrogens is 699 g/mol. The second-order valence-electron chi connectivity index (χ2n) is 19.5. The van der Waals surface area contributed by atoms with Gasteiger partial charge in [-0.25, -0.2) is 0 Å². The summed E-state index contributed by atoms with van der Waals surface area (Å²) in [5.41, 5.74) is 17.8. The van der Waals surface area contributed by atoms with Crippen molar-refractivity contribution in [2.75, 3.05) is 9.80 Å². The van der Waals surface area contributed by atoms with Crippen molar-refractivity contribution in [1.82, 2.24) is 0 Å². The molecule has 56 heavy (non-hydrogen) atoms. The molecule has 7 aromatic rings. The van der Waals surface area contributed by atoms with Crippen molar-refractivity contribution in [3.05, 3.63) is 143 Å². The molecule has 0 N–H and O–H groups in total. The molecule has 280 valence electrons. The summed E-state index contributed by atoms with van der Waals surface area (Å²) in [4.78, 5) is 6.68. The number of thioether (sulfide) groups is 1. The SMILES string of the molecule is Cc1cc2c3c(c1)N(c1ccc(C(C)(C)C)cc1)C1c4cc(C(C)(C)C)ccc4SC1B3c1ccc3oc4ccccc4c3c1N2c1ccc(C(C)(C)C)cc1. The number of rotatable bonds is 2. The summed E-state index contributed by atoms with van der Waals surface area (Å²) in [7, 11) is 0. The normalized spacial score (nSPS) is 17.6. The van der Waals surface area contributed by atoms with E-state index < -0.39 is 0 Å². The van der Waals surface area contributed by atoms with Crippen LogP contribution in [0.25, 0.3) is 21.9 Å². The maximum Gasteiger partial charge on any atom is 0.233 e. The van der Waals surface area contributed by atoms with E-state index in [-0.39, 0.29) is 34.1 Å².